The Kier molecular flexibility index (Phi) is 4.95. The van der Waals surface area contributed by atoms with Gasteiger partial charge in [-0.1, -0.05) is 12.5 Å². The molecule has 2 rings (SSSR count). The second kappa shape index (κ2) is 6.70. The molecule has 0 radical (unpaired) electrons. The summed E-state index contributed by atoms with van der Waals surface area (Å²) in [7, 11) is 2.08. The third-order valence-corrected chi connectivity index (χ3v) is 3.82. The molecule has 4 nitrogen and oxygen atoms in total. The van der Waals surface area contributed by atoms with Crippen molar-refractivity contribution in [1.29, 1.82) is 0 Å². The Morgan fingerprint density at radius 3 is 3.00 bits per heavy atom. The zero-order chi connectivity index (χ0) is 14.5. The normalized spacial score (nSPS) is 19.8. The maximum atomic E-state index is 13.7. The molecule has 20 heavy (non-hydrogen) atoms. The van der Waals surface area contributed by atoms with Crippen LogP contribution >= 0.6 is 0 Å². The molecule has 1 aromatic carbocycles. The van der Waals surface area contributed by atoms with Gasteiger partial charge in [0.2, 0.25) is 0 Å². The van der Waals surface area contributed by atoms with Crippen molar-refractivity contribution in [3.8, 4) is 5.75 Å². The summed E-state index contributed by atoms with van der Waals surface area (Å²) in [4.78, 5) is 13.3. The Morgan fingerprint density at radius 1 is 1.50 bits per heavy atom. The predicted molar refractivity (Wildman–Crippen MR) is 73.7 cm³/mol. The molecule has 1 aromatic rings. The molecule has 1 N–H and O–H groups in total. The average molecular weight is 281 g/mol. The number of carboxylic acids is 1. The fourth-order valence-electron chi connectivity index (χ4n) is 2.63. The number of nitrogens with zero attached hydrogens (tertiary/aromatic N) is 1. The number of aromatic carboxylic acids is 1. The summed E-state index contributed by atoms with van der Waals surface area (Å²) in [6.45, 7) is 1.40. The van der Waals surface area contributed by atoms with Crippen molar-refractivity contribution >= 4 is 5.97 Å². The van der Waals surface area contributed by atoms with E-state index in [0.29, 0.717) is 12.6 Å². The number of carbonyl (C=O) groups is 1. The number of hydrogen-bond donors (Lipinski definition) is 1. The number of likely N-dealkylation sites (tertiary alicyclic amines) is 1. The summed E-state index contributed by atoms with van der Waals surface area (Å²) in [6, 6.07) is 4.38. The van der Waals surface area contributed by atoms with Gasteiger partial charge < -0.3 is 14.7 Å². The van der Waals surface area contributed by atoms with Gasteiger partial charge in [-0.3, -0.25) is 0 Å². The molecule has 1 aliphatic rings. The lowest BCUT2D eigenvalue weighted by Crippen LogP contribution is -2.37. The Balaban J connectivity index is 1.95. The highest BCUT2D eigenvalue weighted by Gasteiger charge is 2.20. The zero-order valence-corrected chi connectivity index (χ0v) is 11.6. The van der Waals surface area contributed by atoms with Crippen LogP contribution in [0, 0.1) is 5.82 Å². The van der Waals surface area contributed by atoms with Gasteiger partial charge in [-0.15, -0.1) is 0 Å². The minimum atomic E-state index is -1.17. The fourth-order valence-corrected chi connectivity index (χ4v) is 2.63. The maximum Gasteiger partial charge on any atom is 0.339 e. The summed E-state index contributed by atoms with van der Waals surface area (Å²) in [6.07, 6.45) is 4.31. The molecule has 1 aliphatic heterocycles. The van der Waals surface area contributed by atoms with E-state index in [-0.39, 0.29) is 11.3 Å². The van der Waals surface area contributed by atoms with Gasteiger partial charge in [0.25, 0.3) is 0 Å². The minimum absolute atomic E-state index is 0.123. The summed E-state index contributed by atoms with van der Waals surface area (Å²) in [5.41, 5.74) is -0.123. The van der Waals surface area contributed by atoms with Gasteiger partial charge in [-0.05, 0) is 45.0 Å². The standard InChI is InChI=1S/C15H20FNO3/c1-17-9-3-2-5-11(17)8-10-20-14-12(15(18)19)6-4-7-13(14)16/h4,6-7,11H,2-3,5,8-10H2,1H3,(H,18,19). The molecule has 1 heterocycles. The Labute approximate surface area is 118 Å². The lowest BCUT2D eigenvalue weighted by atomic mass is 10.0. The van der Waals surface area contributed by atoms with Crippen LogP contribution in [-0.4, -0.2) is 42.2 Å². The van der Waals surface area contributed by atoms with E-state index in [1.165, 1.54) is 31.0 Å². The summed E-state index contributed by atoms with van der Waals surface area (Å²) in [5.74, 6) is -1.95. The van der Waals surface area contributed by atoms with Crippen LogP contribution in [0.5, 0.6) is 5.75 Å². The van der Waals surface area contributed by atoms with Crippen LogP contribution in [0.15, 0.2) is 18.2 Å². The Bertz CT molecular complexity index is 478. The van der Waals surface area contributed by atoms with Gasteiger partial charge >= 0.3 is 5.97 Å². The van der Waals surface area contributed by atoms with Crippen molar-refractivity contribution < 1.29 is 19.0 Å². The van der Waals surface area contributed by atoms with E-state index in [9.17, 15) is 9.18 Å². The van der Waals surface area contributed by atoms with Gasteiger partial charge in [0.05, 0.1) is 6.61 Å². The van der Waals surface area contributed by atoms with Crippen LogP contribution in [0.1, 0.15) is 36.0 Å². The smallest absolute Gasteiger partial charge is 0.339 e. The van der Waals surface area contributed by atoms with E-state index in [1.807, 2.05) is 0 Å². The molecular formula is C15H20FNO3. The quantitative estimate of drug-likeness (QED) is 0.901. The maximum absolute atomic E-state index is 13.7. The van der Waals surface area contributed by atoms with Crippen LogP contribution in [-0.2, 0) is 0 Å². The first-order chi connectivity index (χ1) is 9.59. The number of piperidine rings is 1. The third-order valence-electron chi connectivity index (χ3n) is 3.82. The van der Waals surface area contributed by atoms with Crippen LogP contribution in [0.25, 0.3) is 0 Å². The van der Waals surface area contributed by atoms with Crippen LogP contribution in [0.3, 0.4) is 0 Å². The molecule has 0 aromatic heterocycles. The van der Waals surface area contributed by atoms with Crippen molar-refractivity contribution in [3.63, 3.8) is 0 Å². The molecule has 1 fully saturated rings. The summed E-state index contributed by atoms with van der Waals surface area (Å²) < 4.78 is 19.1. The van der Waals surface area contributed by atoms with Gasteiger partial charge in [0.1, 0.15) is 5.56 Å². The zero-order valence-electron chi connectivity index (χ0n) is 11.6. The van der Waals surface area contributed by atoms with E-state index in [0.717, 1.165) is 19.4 Å². The van der Waals surface area contributed by atoms with Crippen LogP contribution in [0.2, 0.25) is 0 Å². The topological polar surface area (TPSA) is 49.8 Å². The predicted octanol–water partition coefficient (Wildman–Crippen LogP) is 2.78. The lowest BCUT2D eigenvalue weighted by Gasteiger charge is -2.32. The summed E-state index contributed by atoms with van der Waals surface area (Å²) in [5, 5.41) is 9.03. The molecule has 0 aliphatic carbocycles. The second-order valence-corrected chi connectivity index (χ2v) is 5.19. The fraction of sp³-hybridized carbons (Fsp3) is 0.533. The summed E-state index contributed by atoms with van der Waals surface area (Å²) >= 11 is 0. The van der Waals surface area contributed by atoms with Crippen molar-refractivity contribution in [3.05, 3.63) is 29.6 Å². The van der Waals surface area contributed by atoms with E-state index in [1.54, 1.807) is 0 Å². The number of carboxylic acid groups (broad SMARTS) is 1. The SMILES string of the molecule is CN1CCCCC1CCOc1c(F)cccc1C(=O)O. The second-order valence-electron chi connectivity index (χ2n) is 5.19. The highest BCUT2D eigenvalue weighted by molar-refractivity contribution is 5.90. The number of para-hydroxylation sites is 1. The Hall–Kier alpha value is -1.62. The Morgan fingerprint density at radius 2 is 2.30 bits per heavy atom. The molecule has 1 atom stereocenters. The molecule has 0 spiro atoms. The molecule has 1 saturated heterocycles. The van der Waals surface area contributed by atoms with Crippen molar-refractivity contribution in [2.24, 2.45) is 0 Å². The van der Waals surface area contributed by atoms with E-state index in [2.05, 4.69) is 11.9 Å². The van der Waals surface area contributed by atoms with Gasteiger partial charge in [0.15, 0.2) is 11.6 Å². The number of halogens is 1. The van der Waals surface area contributed by atoms with E-state index >= 15 is 0 Å². The van der Waals surface area contributed by atoms with Crippen molar-refractivity contribution in [1.82, 2.24) is 4.90 Å². The molecule has 110 valence electrons. The first-order valence-corrected chi connectivity index (χ1v) is 6.94. The lowest BCUT2D eigenvalue weighted by molar-refractivity contribution is 0.0690. The first kappa shape index (κ1) is 14.8. The monoisotopic (exact) mass is 281 g/mol. The van der Waals surface area contributed by atoms with Gasteiger partial charge in [0, 0.05) is 6.04 Å². The first-order valence-electron chi connectivity index (χ1n) is 6.94. The van der Waals surface area contributed by atoms with Crippen molar-refractivity contribution in [2.45, 2.75) is 31.7 Å². The molecule has 0 saturated carbocycles. The largest absolute Gasteiger partial charge is 0.490 e. The van der Waals surface area contributed by atoms with Gasteiger partial charge in [-0.25, -0.2) is 9.18 Å². The van der Waals surface area contributed by atoms with E-state index in [4.69, 9.17) is 9.84 Å². The van der Waals surface area contributed by atoms with Crippen LogP contribution < -0.4 is 4.74 Å². The number of ether oxygens (including phenoxy) is 1. The molecule has 5 heteroatoms. The third kappa shape index (κ3) is 3.48. The minimum Gasteiger partial charge on any atom is -0.490 e. The average Bonchev–Trinajstić information content (AvgIpc) is 2.42. The van der Waals surface area contributed by atoms with Crippen LogP contribution in [0.4, 0.5) is 4.39 Å². The number of hydrogen-bond acceptors (Lipinski definition) is 3. The molecule has 1 unspecified atom stereocenters. The number of benzene rings is 1. The van der Waals surface area contributed by atoms with Crippen molar-refractivity contribution in [2.75, 3.05) is 20.2 Å². The molecule has 0 amide bonds. The van der Waals surface area contributed by atoms with E-state index < -0.39 is 11.8 Å². The van der Waals surface area contributed by atoms with Gasteiger partial charge in [-0.2, -0.15) is 0 Å². The highest BCUT2D eigenvalue weighted by atomic mass is 19.1. The number of rotatable bonds is 5. The molecular weight excluding hydrogens is 261 g/mol. The molecule has 0 bridgehead atoms. The highest BCUT2D eigenvalue weighted by Crippen LogP contribution is 2.24.